The summed E-state index contributed by atoms with van der Waals surface area (Å²) in [5.41, 5.74) is 2.12. The third-order valence-corrected chi connectivity index (χ3v) is 4.19. The highest BCUT2D eigenvalue weighted by Crippen LogP contribution is 2.29. The average molecular weight is 346 g/mol. The summed E-state index contributed by atoms with van der Waals surface area (Å²) >= 11 is 6.00. The predicted molar refractivity (Wildman–Crippen MR) is 93.8 cm³/mol. The molecule has 1 aliphatic heterocycles. The molecule has 3 rings (SSSR count). The summed E-state index contributed by atoms with van der Waals surface area (Å²) in [6, 6.07) is 13.3. The molecular formula is C19H20ClNO3. The Labute approximate surface area is 146 Å². The first-order valence-electron chi connectivity index (χ1n) is 8.00. The van der Waals surface area contributed by atoms with Crippen LogP contribution in [0.3, 0.4) is 0 Å². The van der Waals surface area contributed by atoms with Gasteiger partial charge in [0.1, 0.15) is 24.7 Å². The summed E-state index contributed by atoms with van der Waals surface area (Å²) in [4.78, 5) is 12.3. The predicted octanol–water partition coefficient (Wildman–Crippen LogP) is 3.39. The molecule has 1 aliphatic rings. The van der Waals surface area contributed by atoms with Crippen LogP contribution in [0.5, 0.6) is 11.5 Å². The van der Waals surface area contributed by atoms with Crippen molar-refractivity contribution in [1.29, 1.82) is 0 Å². The first kappa shape index (κ1) is 16.7. The molecule has 0 fully saturated rings. The second kappa shape index (κ2) is 7.58. The van der Waals surface area contributed by atoms with Crippen LogP contribution in [-0.4, -0.2) is 25.7 Å². The van der Waals surface area contributed by atoms with Crippen LogP contribution in [-0.2, 0) is 11.2 Å². The maximum Gasteiger partial charge on any atom is 0.227 e. The third kappa shape index (κ3) is 4.20. The van der Waals surface area contributed by atoms with Crippen molar-refractivity contribution in [3.63, 3.8) is 0 Å². The minimum absolute atomic E-state index is 0.0199. The number of fused-ring (bicyclic) bond motifs is 1. The smallest absolute Gasteiger partial charge is 0.227 e. The monoisotopic (exact) mass is 345 g/mol. The van der Waals surface area contributed by atoms with E-state index in [0.717, 1.165) is 22.6 Å². The summed E-state index contributed by atoms with van der Waals surface area (Å²) in [5.74, 6) is 1.41. The van der Waals surface area contributed by atoms with Crippen LogP contribution in [0.1, 0.15) is 11.1 Å². The van der Waals surface area contributed by atoms with Gasteiger partial charge in [-0.2, -0.15) is 0 Å². The second-order valence-corrected chi connectivity index (χ2v) is 6.36. The van der Waals surface area contributed by atoms with Crippen LogP contribution in [0.4, 0.5) is 0 Å². The van der Waals surface area contributed by atoms with E-state index in [9.17, 15) is 4.79 Å². The molecule has 0 aliphatic carbocycles. The highest BCUT2D eigenvalue weighted by atomic mass is 35.5. The van der Waals surface area contributed by atoms with Gasteiger partial charge in [-0.1, -0.05) is 23.7 Å². The number of rotatable bonds is 5. The van der Waals surface area contributed by atoms with Crippen LogP contribution in [0.2, 0.25) is 5.02 Å². The Bertz CT molecular complexity index is 732. The number of hydrogen-bond donors (Lipinski definition) is 1. The number of benzene rings is 2. The molecule has 2 aromatic rings. The summed E-state index contributed by atoms with van der Waals surface area (Å²) in [5, 5.41) is 3.56. The molecule has 1 N–H and O–H groups in total. The van der Waals surface area contributed by atoms with Crippen molar-refractivity contribution in [2.24, 2.45) is 5.92 Å². The Morgan fingerprint density at radius 3 is 3.04 bits per heavy atom. The quantitative estimate of drug-likeness (QED) is 0.845. The molecule has 4 nitrogen and oxygen atoms in total. The molecule has 24 heavy (non-hydrogen) atoms. The summed E-state index contributed by atoms with van der Waals surface area (Å²) in [6.07, 6.45) is 0.639. The Hall–Kier alpha value is -2.20. The first-order valence-corrected chi connectivity index (χ1v) is 8.38. The van der Waals surface area contributed by atoms with E-state index in [1.165, 1.54) is 0 Å². The van der Waals surface area contributed by atoms with Gasteiger partial charge in [0.25, 0.3) is 0 Å². The van der Waals surface area contributed by atoms with Crippen LogP contribution in [0.15, 0.2) is 42.5 Å². The number of ether oxygens (including phenoxy) is 2. The highest BCUT2D eigenvalue weighted by Gasteiger charge is 2.25. The lowest BCUT2D eigenvalue weighted by Gasteiger charge is -2.24. The summed E-state index contributed by atoms with van der Waals surface area (Å²) in [7, 11) is 0. The number of amides is 1. The fourth-order valence-corrected chi connectivity index (χ4v) is 2.92. The van der Waals surface area contributed by atoms with Gasteiger partial charge in [0.05, 0.1) is 12.5 Å². The van der Waals surface area contributed by atoms with Gasteiger partial charge in [0, 0.05) is 5.02 Å². The fraction of sp³-hybridized carbons (Fsp3) is 0.316. The fourth-order valence-electron chi connectivity index (χ4n) is 2.72. The number of aryl methyl sites for hydroxylation is 1. The standard InChI is InChI=1S/C19H20ClNO3/c1-13-3-2-4-17(9-13)23-8-7-21-19(22)15-10-14-11-16(20)5-6-18(14)24-12-15/h2-6,9,11,15H,7-8,10,12H2,1H3,(H,21,22). The van der Waals surface area contributed by atoms with Gasteiger partial charge >= 0.3 is 0 Å². The Kier molecular flexibility index (Phi) is 5.26. The molecule has 0 spiro atoms. The van der Waals surface area contributed by atoms with Crippen LogP contribution in [0, 0.1) is 12.8 Å². The van der Waals surface area contributed by atoms with E-state index in [0.29, 0.717) is 31.2 Å². The van der Waals surface area contributed by atoms with Gasteiger partial charge in [-0.25, -0.2) is 0 Å². The molecule has 1 heterocycles. The van der Waals surface area contributed by atoms with Crippen molar-refractivity contribution < 1.29 is 14.3 Å². The zero-order valence-corrected chi connectivity index (χ0v) is 14.3. The number of hydrogen-bond acceptors (Lipinski definition) is 3. The number of carbonyl (C=O) groups is 1. The maximum atomic E-state index is 12.3. The van der Waals surface area contributed by atoms with Crippen LogP contribution >= 0.6 is 11.6 Å². The number of nitrogens with one attached hydrogen (secondary N) is 1. The van der Waals surface area contributed by atoms with E-state index in [1.54, 1.807) is 6.07 Å². The van der Waals surface area contributed by atoms with Crippen molar-refractivity contribution in [1.82, 2.24) is 5.32 Å². The Balaban J connectivity index is 1.46. The van der Waals surface area contributed by atoms with Crippen molar-refractivity contribution in [2.45, 2.75) is 13.3 Å². The van der Waals surface area contributed by atoms with E-state index in [4.69, 9.17) is 21.1 Å². The van der Waals surface area contributed by atoms with Gasteiger partial charge in [-0.3, -0.25) is 4.79 Å². The van der Waals surface area contributed by atoms with Crippen LogP contribution in [0.25, 0.3) is 0 Å². The molecular weight excluding hydrogens is 326 g/mol. The molecule has 5 heteroatoms. The first-order chi connectivity index (χ1) is 11.6. The maximum absolute atomic E-state index is 12.3. The lowest BCUT2D eigenvalue weighted by Crippen LogP contribution is -2.39. The molecule has 1 unspecified atom stereocenters. The van der Waals surface area contributed by atoms with Crippen molar-refractivity contribution in [3.8, 4) is 11.5 Å². The van der Waals surface area contributed by atoms with Crippen molar-refractivity contribution in [3.05, 3.63) is 58.6 Å². The Morgan fingerprint density at radius 2 is 2.21 bits per heavy atom. The van der Waals surface area contributed by atoms with E-state index in [-0.39, 0.29) is 11.8 Å². The number of halogens is 1. The molecule has 1 atom stereocenters. The van der Waals surface area contributed by atoms with Crippen LogP contribution < -0.4 is 14.8 Å². The summed E-state index contributed by atoms with van der Waals surface area (Å²) < 4.78 is 11.3. The van der Waals surface area contributed by atoms with Gasteiger partial charge in [-0.05, 0) is 54.8 Å². The third-order valence-electron chi connectivity index (χ3n) is 3.96. The van der Waals surface area contributed by atoms with E-state index < -0.39 is 0 Å². The zero-order chi connectivity index (χ0) is 16.9. The molecule has 2 aromatic carbocycles. The van der Waals surface area contributed by atoms with Gasteiger partial charge < -0.3 is 14.8 Å². The highest BCUT2D eigenvalue weighted by molar-refractivity contribution is 6.30. The summed E-state index contributed by atoms with van der Waals surface area (Å²) in [6.45, 7) is 3.30. The lowest BCUT2D eigenvalue weighted by molar-refractivity contribution is -0.126. The van der Waals surface area contributed by atoms with E-state index >= 15 is 0 Å². The topological polar surface area (TPSA) is 47.6 Å². The minimum Gasteiger partial charge on any atom is -0.492 e. The number of carbonyl (C=O) groups excluding carboxylic acids is 1. The molecule has 1 amide bonds. The average Bonchev–Trinajstić information content (AvgIpc) is 2.58. The van der Waals surface area contributed by atoms with Crippen molar-refractivity contribution in [2.75, 3.05) is 19.8 Å². The zero-order valence-electron chi connectivity index (χ0n) is 13.5. The van der Waals surface area contributed by atoms with Crippen molar-refractivity contribution >= 4 is 17.5 Å². The minimum atomic E-state index is -0.199. The molecule has 0 aromatic heterocycles. The molecule has 0 saturated heterocycles. The van der Waals surface area contributed by atoms with E-state index in [2.05, 4.69) is 5.32 Å². The van der Waals surface area contributed by atoms with Gasteiger partial charge in [-0.15, -0.1) is 0 Å². The largest absolute Gasteiger partial charge is 0.492 e. The second-order valence-electron chi connectivity index (χ2n) is 5.92. The molecule has 0 saturated carbocycles. The molecule has 0 bridgehead atoms. The van der Waals surface area contributed by atoms with E-state index in [1.807, 2.05) is 43.3 Å². The lowest BCUT2D eigenvalue weighted by atomic mass is 9.96. The molecule has 126 valence electrons. The van der Waals surface area contributed by atoms with Gasteiger partial charge in [0.2, 0.25) is 5.91 Å². The Morgan fingerprint density at radius 1 is 1.33 bits per heavy atom. The molecule has 0 radical (unpaired) electrons. The SMILES string of the molecule is Cc1cccc(OCCNC(=O)C2COc3ccc(Cl)cc3C2)c1. The normalized spacial score (nSPS) is 16.0. The van der Waals surface area contributed by atoms with Gasteiger partial charge in [0.15, 0.2) is 0 Å².